The molecular formula is C22H22N8O3. The van der Waals surface area contributed by atoms with Crippen molar-refractivity contribution < 1.29 is 18.4 Å². The number of anilines is 2. The van der Waals surface area contributed by atoms with E-state index in [1.54, 1.807) is 18.2 Å². The normalized spacial score (nSPS) is 14.2. The van der Waals surface area contributed by atoms with Crippen LogP contribution in [0.2, 0.25) is 0 Å². The van der Waals surface area contributed by atoms with E-state index in [0.29, 0.717) is 22.8 Å². The molecule has 1 fully saturated rings. The summed E-state index contributed by atoms with van der Waals surface area (Å²) in [5, 5.41) is 19.7. The number of carbonyl (C=O) groups is 2. The Morgan fingerprint density at radius 3 is 2.88 bits per heavy atom. The van der Waals surface area contributed by atoms with E-state index in [-0.39, 0.29) is 29.7 Å². The van der Waals surface area contributed by atoms with Crippen molar-refractivity contribution in [1.29, 1.82) is 0 Å². The van der Waals surface area contributed by atoms with E-state index in [1.807, 2.05) is 5.32 Å². The Balaban J connectivity index is 1.73. The lowest BCUT2D eigenvalue weighted by molar-refractivity contribution is 0.0935. The number of benzene rings is 1. The molecule has 0 saturated heterocycles. The summed E-state index contributed by atoms with van der Waals surface area (Å²) in [4.78, 5) is 29.5. The average Bonchev–Trinajstić information content (AvgIpc) is 3.52. The smallest absolute Gasteiger partial charge is 0.273 e. The Labute approximate surface area is 194 Å². The first-order valence-electron chi connectivity index (χ1n) is 11.5. The summed E-state index contributed by atoms with van der Waals surface area (Å²) in [5.74, 6) is 1.71. The Hall–Kier alpha value is -4.46. The van der Waals surface area contributed by atoms with Crippen LogP contribution >= 0.6 is 0 Å². The van der Waals surface area contributed by atoms with Gasteiger partial charge in [0.05, 0.1) is 24.0 Å². The predicted octanol–water partition coefficient (Wildman–Crippen LogP) is 1.37. The van der Waals surface area contributed by atoms with Crippen molar-refractivity contribution in [3.8, 4) is 29.5 Å². The lowest BCUT2D eigenvalue weighted by atomic mass is 10.1. The van der Waals surface area contributed by atoms with Crippen LogP contribution < -0.4 is 20.7 Å². The van der Waals surface area contributed by atoms with E-state index in [9.17, 15) is 9.59 Å². The van der Waals surface area contributed by atoms with E-state index in [2.05, 4.69) is 36.8 Å². The van der Waals surface area contributed by atoms with Gasteiger partial charge in [-0.2, -0.15) is 0 Å². The summed E-state index contributed by atoms with van der Waals surface area (Å²) < 4.78 is 29.1. The number of rotatable bonds is 8. The van der Waals surface area contributed by atoms with Gasteiger partial charge in [0.2, 0.25) is 0 Å². The minimum absolute atomic E-state index is 0.0420. The van der Waals surface area contributed by atoms with Gasteiger partial charge in [0.15, 0.2) is 23.0 Å². The Bertz CT molecular complexity index is 1350. The molecule has 1 aliphatic carbocycles. The molecule has 3 N–H and O–H groups in total. The molecule has 168 valence electrons. The highest BCUT2D eigenvalue weighted by Crippen LogP contribution is 2.37. The summed E-state index contributed by atoms with van der Waals surface area (Å²) >= 11 is 0. The largest absolute Gasteiger partial charge is 0.494 e. The molecule has 0 unspecified atom stereocenters. The number of ether oxygens (including phenoxy) is 1. The summed E-state index contributed by atoms with van der Waals surface area (Å²) in [7, 11) is 1.45. The van der Waals surface area contributed by atoms with Crippen LogP contribution in [0.4, 0.5) is 11.4 Å². The van der Waals surface area contributed by atoms with Crippen LogP contribution in [0.3, 0.4) is 0 Å². The van der Waals surface area contributed by atoms with Crippen LogP contribution in [-0.2, 0) is 6.54 Å². The molecule has 11 heteroatoms. The first kappa shape index (κ1) is 18.1. The zero-order chi connectivity index (χ0) is 25.9. The number of hydrogen-bond donors (Lipinski definition) is 3. The SMILES string of the molecule is [2H]C([2H])([2H])NC(=O)c1nnc(C(=O)NC2CC2)cc1Nc1cccc(-c2ncn(CC#C)n2)c1OC. The minimum Gasteiger partial charge on any atom is -0.494 e. The second-order valence-electron chi connectivity index (χ2n) is 7.17. The Kier molecular flexibility index (Phi) is 5.14. The van der Waals surface area contributed by atoms with Crippen molar-refractivity contribution in [3.63, 3.8) is 0 Å². The number of terminal acetylenes is 1. The molecule has 1 aliphatic rings. The molecule has 2 aromatic heterocycles. The highest BCUT2D eigenvalue weighted by Gasteiger charge is 2.26. The lowest BCUT2D eigenvalue weighted by Crippen LogP contribution is -2.28. The van der Waals surface area contributed by atoms with Crippen LogP contribution in [0.5, 0.6) is 5.75 Å². The zero-order valence-corrected chi connectivity index (χ0v) is 17.6. The maximum atomic E-state index is 12.7. The molecule has 0 spiro atoms. The van der Waals surface area contributed by atoms with E-state index in [0.717, 1.165) is 12.8 Å². The van der Waals surface area contributed by atoms with E-state index in [4.69, 9.17) is 15.3 Å². The summed E-state index contributed by atoms with van der Waals surface area (Å²) in [6, 6.07) is 6.51. The number of amides is 2. The number of nitrogens with one attached hydrogen (secondary N) is 3. The first-order valence-corrected chi connectivity index (χ1v) is 9.97. The zero-order valence-electron chi connectivity index (χ0n) is 20.6. The molecule has 33 heavy (non-hydrogen) atoms. The fourth-order valence-corrected chi connectivity index (χ4v) is 3.08. The molecule has 0 bridgehead atoms. The van der Waals surface area contributed by atoms with Crippen molar-refractivity contribution in [1.82, 2.24) is 35.6 Å². The minimum atomic E-state index is -2.75. The fraction of sp³-hybridized carbons (Fsp3) is 0.273. The van der Waals surface area contributed by atoms with E-state index >= 15 is 0 Å². The summed E-state index contributed by atoms with van der Waals surface area (Å²) in [5.41, 5.74) is 0.597. The summed E-state index contributed by atoms with van der Waals surface area (Å²) in [6.07, 6.45) is 8.57. The summed E-state index contributed by atoms with van der Waals surface area (Å²) in [6.45, 7) is -2.51. The molecule has 1 aromatic carbocycles. The van der Waals surface area contributed by atoms with Crippen LogP contribution in [-0.4, -0.2) is 56.9 Å². The van der Waals surface area contributed by atoms with Gasteiger partial charge < -0.3 is 20.7 Å². The molecule has 2 heterocycles. The second kappa shape index (κ2) is 9.35. The number of nitrogens with zero attached hydrogens (tertiary/aromatic N) is 5. The lowest BCUT2D eigenvalue weighted by Gasteiger charge is -2.16. The fourth-order valence-electron chi connectivity index (χ4n) is 3.08. The van der Waals surface area contributed by atoms with Crippen molar-refractivity contribution in [2.24, 2.45) is 0 Å². The highest BCUT2D eigenvalue weighted by molar-refractivity contribution is 6.00. The Morgan fingerprint density at radius 2 is 2.15 bits per heavy atom. The number of carbonyl (C=O) groups excluding carboxylic acids is 2. The van der Waals surface area contributed by atoms with Gasteiger partial charge in [-0.25, -0.2) is 9.67 Å². The molecule has 3 aromatic rings. The third kappa shape index (κ3) is 4.74. The van der Waals surface area contributed by atoms with Crippen molar-refractivity contribution in [3.05, 3.63) is 42.0 Å². The molecule has 1 saturated carbocycles. The van der Waals surface area contributed by atoms with Gasteiger partial charge in [-0.1, -0.05) is 12.0 Å². The average molecular weight is 449 g/mol. The Morgan fingerprint density at radius 1 is 1.30 bits per heavy atom. The third-order valence-corrected chi connectivity index (χ3v) is 4.79. The molecular weight excluding hydrogens is 424 g/mol. The van der Waals surface area contributed by atoms with E-state index < -0.39 is 18.8 Å². The monoisotopic (exact) mass is 449 g/mol. The molecule has 0 atom stereocenters. The standard InChI is InChI=1S/C22H22N8O3/c1-4-10-30-12-24-20(29-30)14-6-5-7-15(19(14)33-3)26-16-11-17(21(31)25-13-8-9-13)27-28-18(16)22(32)23-2/h1,5-7,11-13H,8-10H2,2-3H3,(H,23,32)(H,25,31)(H,26,27)/i2D3. The maximum Gasteiger partial charge on any atom is 0.273 e. The van der Waals surface area contributed by atoms with E-state index in [1.165, 1.54) is 24.2 Å². The number of methoxy groups -OCH3 is 1. The molecule has 2 amide bonds. The number of aromatic nitrogens is 5. The molecule has 0 radical (unpaired) electrons. The van der Waals surface area contributed by atoms with Gasteiger partial charge in [-0.15, -0.1) is 21.7 Å². The van der Waals surface area contributed by atoms with Gasteiger partial charge >= 0.3 is 0 Å². The van der Waals surface area contributed by atoms with Crippen LogP contribution in [0.15, 0.2) is 30.6 Å². The quantitative estimate of drug-likeness (QED) is 0.439. The molecule has 4 rings (SSSR count). The van der Waals surface area contributed by atoms with Crippen molar-refractivity contribution >= 4 is 23.2 Å². The third-order valence-electron chi connectivity index (χ3n) is 4.79. The van der Waals surface area contributed by atoms with Gasteiger partial charge in [0.25, 0.3) is 11.8 Å². The van der Waals surface area contributed by atoms with Crippen LogP contribution in [0, 0.1) is 12.3 Å². The van der Waals surface area contributed by atoms with Crippen molar-refractivity contribution in [2.75, 3.05) is 19.4 Å². The topological polar surface area (TPSA) is 136 Å². The molecule has 11 nitrogen and oxygen atoms in total. The van der Waals surface area contributed by atoms with Gasteiger partial charge in [0.1, 0.15) is 12.9 Å². The van der Waals surface area contributed by atoms with Crippen LogP contribution in [0.1, 0.15) is 37.9 Å². The van der Waals surface area contributed by atoms with Crippen LogP contribution in [0.25, 0.3) is 11.4 Å². The number of hydrogen-bond acceptors (Lipinski definition) is 8. The molecule has 0 aliphatic heterocycles. The first-order chi connectivity index (χ1) is 17.2. The van der Waals surface area contributed by atoms with Gasteiger partial charge in [-0.05, 0) is 31.0 Å². The predicted molar refractivity (Wildman–Crippen MR) is 120 cm³/mol. The van der Waals surface area contributed by atoms with Gasteiger partial charge in [-0.3, -0.25) is 9.59 Å². The maximum absolute atomic E-state index is 12.7. The highest BCUT2D eigenvalue weighted by atomic mass is 16.5. The second-order valence-corrected chi connectivity index (χ2v) is 7.17. The number of para-hydroxylation sites is 1. The van der Waals surface area contributed by atoms with Crippen molar-refractivity contribution in [2.45, 2.75) is 25.4 Å². The van der Waals surface area contributed by atoms with Gasteiger partial charge in [0, 0.05) is 17.1 Å².